The number of hydrogen-bond donors (Lipinski definition) is 1. The summed E-state index contributed by atoms with van der Waals surface area (Å²) in [7, 11) is -1.09. The quantitative estimate of drug-likeness (QED) is 0.560. The van der Waals surface area contributed by atoms with Crippen molar-refractivity contribution in [3.05, 3.63) is 59.7 Å². The van der Waals surface area contributed by atoms with Gasteiger partial charge in [-0.1, -0.05) is 19.1 Å². The van der Waals surface area contributed by atoms with Gasteiger partial charge in [0.05, 0.1) is 19.1 Å². The number of hydrogen-bond acceptors (Lipinski definition) is 5. The molecule has 2 aromatic carbocycles. The molecule has 0 saturated carbocycles. The van der Waals surface area contributed by atoms with Crippen LogP contribution in [0.25, 0.3) is 0 Å². The van der Waals surface area contributed by atoms with E-state index in [1.165, 1.54) is 19.1 Å². The van der Waals surface area contributed by atoms with E-state index >= 15 is 0 Å². The van der Waals surface area contributed by atoms with Crippen LogP contribution >= 0.6 is 0 Å². The summed E-state index contributed by atoms with van der Waals surface area (Å²) >= 11 is 0. The fraction of sp³-hybridized carbons (Fsp3) is 0.364. The van der Waals surface area contributed by atoms with E-state index in [9.17, 15) is 26.8 Å². The third-order valence-corrected chi connectivity index (χ3v) is 6.16. The Morgan fingerprint density at radius 1 is 1.09 bits per heavy atom. The summed E-state index contributed by atoms with van der Waals surface area (Å²) in [5.41, 5.74) is 0.479. The lowest BCUT2D eigenvalue weighted by molar-refractivity contribution is -0.140. The van der Waals surface area contributed by atoms with Crippen molar-refractivity contribution < 1.29 is 31.5 Å². The van der Waals surface area contributed by atoms with Gasteiger partial charge in [0.1, 0.15) is 18.3 Å². The van der Waals surface area contributed by atoms with Gasteiger partial charge in [0.25, 0.3) is 0 Å². The fourth-order valence-corrected chi connectivity index (χ4v) is 4.11. The van der Waals surface area contributed by atoms with Crippen molar-refractivity contribution >= 4 is 27.5 Å². The van der Waals surface area contributed by atoms with Crippen LogP contribution in [0.2, 0.25) is 0 Å². The highest BCUT2D eigenvalue weighted by molar-refractivity contribution is 7.92. The molecule has 0 aliphatic heterocycles. The van der Waals surface area contributed by atoms with Crippen molar-refractivity contribution in [2.45, 2.75) is 25.9 Å². The standard InChI is InChI=1S/C22H27F2N3O5S/c1-5-20(22(29)25-2)26(13-15-6-9-17(32-3)10-7-15)21(28)14-27(33(4,30)31)16-8-11-18(23)19(24)12-16/h6-12,20H,5,13-14H2,1-4H3,(H,25,29)/t20-/m1/s1. The second-order valence-corrected chi connectivity index (χ2v) is 9.18. The topological polar surface area (TPSA) is 96.0 Å². The summed E-state index contributed by atoms with van der Waals surface area (Å²) in [5.74, 6) is -2.89. The third kappa shape index (κ3) is 6.64. The summed E-state index contributed by atoms with van der Waals surface area (Å²) in [4.78, 5) is 27.0. The Bertz CT molecular complexity index is 1090. The molecule has 0 fully saturated rings. The maximum absolute atomic E-state index is 13.8. The molecule has 8 nitrogen and oxygen atoms in total. The molecule has 0 unspecified atom stereocenters. The van der Waals surface area contributed by atoms with Crippen LogP contribution in [0, 0.1) is 11.6 Å². The minimum atomic E-state index is -4.04. The molecule has 0 radical (unpaired) electrons. The smallest absolute Gasteiger partial charge is 0.244 e. The molecule has 180 valence electrons. The van der Waals surface area contributed by atoms with Crippen molar-refractivity contribution in [2.75, 3.05) is 31.3 Å². The second-order valence-electron chi connectivity index (χ2n) is 7.28. The van der Waals surface area contributed by atoms with Crippen LogP contribution in [-0.2, 0) is 26.2 Å². The maximum Gasteiger partial charge on any atom is 0.244 e. The van der Waals surface area contributed by atoms with Crippen molar-refractivity contribution in [3.8, 4) is 5.75 Å². The molecule has 11 heteroatoms. The highest BCUT2D eigenvalue weighted by Gasteiger charge is 2.31. The van der Waals surface area contributed by atoms with Gasteiger partial charge in [0.15, 0.2) is 11.6 Å². The zero-order chi connectivity index (χ0) is 24.8. The zero-order valence-electron chi connectivity index (χ0n) is 18.8. The second kappa shape index (κ2) is 11.1. The number of sulfonamides is 1. The van der Waals surface area contributed by atoms with Gasteiger partial charge in [0, 0.05) is 19.7 Å². The van der Waals surface area contributed by atoms with Gasteiger partial charge in [-0.25, -0.2) is 17.2 Å². The Morgan fingerprint density at radius 3 is 2.21 bits per heavy atom. The molecule has 2 aromatic rings. The predicted molar refractivity (Wildman–Crippen MR) is 120 cm³/mol. The molecular weight excluding hydrogens is 456 g/mol. The Hall–Kier alpha value is -3.21. The molecule has 33 heavy (non-hydrogen) atoms. The lowest BCUT2D eigenvalue weighted by atomic mass is 10.1. The molecule has 0 heterocycles. The van der Waals surface area contributed by atoms with Crippen LogP contribution in [0.4, 0.5) is 14.5 Å². The number of methoxy groups -OCH3 is 1. The number of ether oxygens (including phenoxy) is 1. The maximum atomic E-state index is 13.8. The monoisotopic (exact) mass is 483 g/mol. The molecule has 0 saturated heterocycles. The number of rotatable bonds is 10. The molecule has 1 N–H and O–H groups in total. The van der Waals surface area contributed by atoms with Gasteiger partial charge in [-0.05, 0) is 36.2 Å². The number of nitrogens with zero attached hydrogens (tertiary/aromatic N) is 2. The number of amides is 2. The van der Waals surface area contributed by atoms with E-state index < -0.39 is 46.1 Å². The molecule has 2 rings (SSSR count). The van der Waals surface area contributed by atoms with Crippen molar-refractivity contribution in [2.24, 2.45) is 0 Å². The number of halogens is 2. The van der Waals surface area contributed by atoms with Gasteiger partial charge >= 0.3 is 0 Å². The van der Waals surface area contributed by atoms with Crippen LogP contribution in [-0.4, -0.2) is 58.1 Å². The van der Waals surface area contributed by atoms with E-state index in [-0.39, 0.29) is 18.7 Å². The first kappa shape index (κ1) is 26.0. The van der Waals surface area contributed by atoms with E-state index in [0.717, 1.165) is 18.4 Å². The lowest BCUT2D eigenvalue weighted by Gasteiger charge is -2.32. The minimum absolute atomic E-state index is 0.0180. The number of carbonyl (C=O) groups is 2. The Kier molecular flexibility index (Phi) is 8.75. The van der Waals surface area contributed by atoms with E-state index in [0.29, 0.717) is 21.7 Å². The highest BCUT2D eigenvalue weighted by Crippen LogP contribution is 2.22. The third-order valence-electron chi connectivity index (χ3n) is 5.01. The lowest BCUT2D eigenvalue weighted by Crippen LogP contribution is -2.51. The number of nitrogens with one attached hydrogen (secondary N) is 1. The van der Waals surface area contributed by atoms with Crippen molar-refractivity contribution in [3.63, 3.8) is 0 Å². The fourth-order valence-electron chi connectivity index (χ4n) is 3.27. The summed E-state index contributed by atoms with van der Waals surface area (Å²) in [6.07, 6.45) is 1.12. The van der Waals surface area contributed by atoms with Crippen molar-refractivity contribution in [1.82, 2.24) is 10.2 Å². The van der Waals surface area contributed by atoms with Crippen LogP contribution in [0.1, 0.15) is 18.9 Å². The molecule has 2 amide bonds. The number of anilines is 1. The van der Waals surface area contributed by atoms with Crippen LogP contribution in [0.5, 0.6) is 5.75 Å². The predicted octanol–water partition coefficient (Wildman–Crippen LogP) is 2.29. The Morgan fingerprint density at radius 2 is 1.73 bits per heavy atom. The SMILES string of the molecule is CC[C@H](C(=O)NC)N(Cc1ccc(OC)cc1)C(=O)CN(c1ccc(F)c(F)c1)S(C)(=O)=O. The zero-order valence-corrected chi connectivity index (χ0v) is 19.7. The number of benzene rings is 2. The van der Waals surface area contributed by atoms with E-state index in [4.69, 9.17) is 4.74 Å². The Balaban J connectivity index is 2.43. The summed E-state index contributed by atoms with van der Waals surface area (Å²) in [6.45, 7) is 1.04. The van der Waals surface area contributed by atoms with Crippen molar-refractivity contribution in [1.29, 1.82) is 0 Å². The van der Waals surface area contributed by atoms with Gasteiger partial charge < -0.3 is 15.0 Å². The molecule has 0 spiro atoms. The average molecular weight is 484 g/mol. The summed E-state index contributed by atoms with van der Waals surface area (Å²) in [6, 6.07) is 8.51. The first-order chi connectivity index (χ1) is 15.5. The summed E-state index contributed by atoms with van der Waals surface area (Å²) < 4.78 is 57.7. The minimum Gasteiger partial charge on any atom is -0.497 e. The first-order valence-electron chi connectivity index (χ1n) is 10.1. The molecule has 0 aliphatic carbocycles. The highest BCUT2D eigenvalue weighted by atomic mass is 32.2. The van der Waals surface area contributed by atoms with Gasteiger partial charge in [0.2, 0.25) is 21.8 Å². The largest absolute Gasteiger partial charge is 0.497 e. The Labute approximate surface area is 192 Å². The summed E-state index contributed by atoms with van der Waals surface area (Å²) in [5, 5.41) is 2.51. The average Bonchev–Trinajstić information content (AvgIpc) is 2.78. The van der Waals surface area contributed by atoms with Crippen LogP contribution in [0.15, 0.2) is 42.5 Å². The van der Waals surface area contributed by atoms with E-state index in [1.54, 1.807) is 31.2 Å². The normalized spacial score (nSPS) is 12.1. The van der Waals surface area contributed by atoms with Crippen LogP contribution < -0.4 is 14.4 Å². The van der Waals surface area contributed by atoms with Gasteiger partial charge in [-0.2, -0.15) is 0 Å². The first-order valence-corrected chi connectivity index (χ1v) is 11.9. The number of carbonyl (C=O) groups excluding carboxylic acids is 2. The van der Waals surface area contributed by atoms with E-state index in [2.05, 4.69) is 5.32 Å². The van der Waals surface area contributed by atoms with Gasteiger partial charge in [-0.3, -0.25) is 13.9 Å². The van der Waals surface area contributed by atoms with Crippen LogP contribution in [0.3, 0.4) is 0 Å². The van der Waals surface area contributed by atoms with Gasteiger partial charge in [-0.15, -0.1) is 0 Å². The molecular formula is C22H27F2N3O5S. The molecule has 0 bridgehead atoms. The van der Waals surface area contributed by atoms with E-state index in [1.807, 2.05) is 0 Å². The molecule has 0 aliphatic rings. The molecule has 0 aromatic heterocycles. The molecule has 1 atom stereocenters. The number of likely N-dealkylation sites (N-methyl/N-ethyl adjacent to an activating group) is 1.